The summed E-state index contributed by atoms with van der Waals surface area (Å²) >= 11 is 0. The van der Waals surface area contributed by atoms with Crippen LogP contribution in [-0.4, -0.2) is 27.0 Å². The van der Waals surface area contributed by atoms with Gasteiger partial charge in [-0.25, -0.2) is 10.3 Å². The van der Waals surface area contributed by atoms with Crippen molar-refractivity contribution in [3.63, 3.8) is 0 Å². The molecule has 0 bridgehead atoms. The summed E-state index contributed by atoms with van der Waals surface area (Å²) in [5, 5.41) is 11.8. The normalized spacial score (nSPS) is 14.8. The molecule has 0 saturated heterocycles. The molecule has 3 amide bonds. The van der Waals surface area contributed by atoms with Gasteiger partial charge in [0.15, 0.2) is 0 Å². The number of hydrogen-bond donors (Lipinski definition) is 3. The van der Waals surface area contributed by atoms with E-state index in [1.54, 1.807) is 34.8 Å². The van der Waals surface area contributed by atoms with Gasteiger partial charge in [-0.2, -0.15) is 0 Å². The van der Waals surface area contributed by atoms with E-state index in [0.717, 1.165) is 16.8 Å². The summed E-state index contributed by atoms with van der Waals surface area (Å²) in [6.07, 6.45) is 1.61. The van der Waals surface area contributed by atoms with Gasteiger partial charge in [0.2, 0.25) is 0 Å². The lowest BCUT2D eigenvalue weighted by Gasteiger charge is -2.32. The second kappa shape index (κ2) is 6.18. The van der Waals surface area contributed by atoms with Crippen molar-refractivity contribution in [3.8, 4) is 0 Å². The smallest absolute Gasteiger partial charge is 0.311 e. The number of nitrogens with zero attached hydrogens (tertiary/aromatic N) is 2. The van der Waals surface area contributed by atoms with Crippen LogP contribution in [0.1, 0.15) is 41.0 Å². The van der Waals surface area contributed by atoms with Gasteiger partial charge >= 0.3 is 6.03 Å². The highest BCUT2D eigenvalue weighted by Gasteiger charge is 2.41. The first kappa shape index (κ1) is 16.9. The molecule has 25 heavy (non-hydrogen) atoms. The third-order valence-electron chi connectivity index (χ3n) is 4.58. The molecule has 0 unspecified atom stereocenters. The number of anilines is 1. The molecular weight excluding hydrogens is 320 g/mol. The van der Waals surface area contributed by atoms with E-state index in [0.29, 0.717) is 11.3 Å². The maximum absolute atomic E-state index is 12.8. The number of hydroxylamine groups is 1. The lowest BCUT2D eigenvalue weighted by molar-refractivity contribution is 0.0704. The highest BCUT2D eigenvalue weighted by atomic mass is 16.5. The van der Waals surface area contributed by atoms with Crippen LogP contribution in [0.15, 0.2) is 36.5 Å². The molecule has 1 aromatic carbocycles. The number of aryl methyl sites for hydroxylation is 1. The van der Waals surface area contributed by atoms with Gasteiger partial charge in [0.05, 0.1) is 17.4 Å². The quantitative estimate of drug-likeness (QED) is 0.579. The second-order valence-electron chi connectivity index (χ2n) is 6.54. The molecule has 0 atom stereocenters. The number of pyridine rings is 1. The molecule has 0 aliphatic carbocycles. The van der Waals surface area contributed by atoms with Gasteiger partial charge in [0.1, 0.15) is 0 Å². The average molecular weight is 340 g/mol. The Morgan fingerprint density at radius 2 is 2.00 bits per heavy atom. The van der Waals surface area contributed by atoms with Crippen molar-refractivity contribution >= 4 is 17.6 Å². The molecule has 1 aromatic heterocycles. The molecule has 0 fully saturated rings. The predicted molar refractivity (Wildman–Crippen MR) is 92.3 cm³/mol. The van der Waals surface area contributed by atoms with Crippen LogP contribution in [0.4, 0.5) is 10.5 Å². The Hall–Kier alpha value is -2.93. The Labute approximate surface area is 145 Å². The molecule has 0 spiro atoms. The van der Waals surface area contributed by atoms with Gasteiger partial charge < -0.3 is 10.2 Å². The largest absolute Gasteiger partial charge is 0.322 e. The molecular formula is C18H20N4O3. The minimum Gasteiger partial charge on any atom is -0.311 e. The minimum atomic E-state index is -0.594. The van der Waals surface area contributed by atoms with Gasteiger partial charge in [-0.3, -0.25) is 15.0 Å². The highest BCUT2D eigenvalue weighted by molar-refractivity contribution is 5.96. The van der Waals surface area contributed by atoms with Gasteiger partial charge in [0, 0.05) is 17.8 Å². The molecule has 7 heteroatoms. The van der Waals surface area contributed by atoms with Crippen LogP contribution in [-0.2, 0) is 12.1 Å². The number of carbonyl (C=O) groups is 2. The summed E-state index contributed by atoms with van der Waals surface area (Å²) in [6.45, 7) is 6.00. The average Bonchev–Trinajstić information content (AvgIpc) is 2.87. The molecule has 7 nitrogen and oxygen atoms in total. The Morgan fingerprint density at radius 3 is 2.64 bits per heavy atom. The zero-order chi connectivity index (χ0) is 18.2. The first-order valence-electron chi connectivity index (χ1n) is 7.92. The third-order valence-corrected chi connectivity index (χ3v) is 4.58. The Kier molecular flexibility index (Phi) is 4.18. The molecule has 3 N–H and O–H groups in total. The van der Waals surface area contributed by atoms with Crippen molar-refractivity contribution in [2.24, 2.45) is 0 Å². The summed E-state index contributed by atoms with van der Waals surface area (Å²) in [5.41, 5.74) is 4.52. The van der Waals surface area contributed by atoms with E-state index in [1.807, 2.05) is 32.9 Å². The summed E-state index contributed by atoms with van der Waals surface area (Å²) < 4.78 is 0. The molecule has 2 aromatic rings. The van der Waals surface area contributed by atoms with Crippen molar-refractivity contribution in [2.45, 2.75) is 32.9 Å². The summed E-state index contributed by atoms with van der Waals surface area (Å²) in [6, 6.07) is 8.61. The Morgan fingerprint density at radius 1 is 1.24 bits per heavy atom. The van der Waals surface area contributed by atoms with E-state index in [9.17, 15) is 9.59 Å². The van der Waals surface area contributed by atoms with Crippen LogP contribution in [0.3, 0.4) is 0 Å². The van der Waals surface area contributed by atoms with Crippen LogP contribution in [0.5, 0.6) is 0 Å². The molecule has 0 saturated carbocycles. The fraction of sp³-hybridized carbons (Fsp3) is 0.278. The molecule has 2 heterocycles. The zero-order valence-corrected chi connectivity index (χ0v) is 14.3. The van der Waals surface area contributed by atoms with Crippen molar-refractivity contribution in [2.75, 3.05) is 5.32 Å². The maximum atomic E-state index is 12.8. The number of carbonyl (C=O) groups excluding carboxylic acids is 2. The van der Waals surface area contributed by atoms with E-state index in [-0.39, 0.29) is 12.6 Å². The maximum Gasteiger partial charge on any atom is 0.322 e. The Bertz CT molecular complexity index is 831. The lowest BCUT2D eigenvalue weighted by atomic mass is 9.91. The van der Waals surface area contributed by atoms with Crippen LogP contribution >= 0.6 is 0 Å². The van der Waals surface area contributed by atoms with Gasteiger partial charge in [-0.15, -0.1) is 0 Å². The standard InChI is InChI=1S/C18H20N4O3/c1-11-7-8-12(9-19-11)20-17(24)22-10-14-13(16(23)21-25)5-4-6-15(14)18(22,2)3/h4-9,25H,10H2,1-3H3,(H,20,24)(H,21,23). The number of aromatic nitrogens is 1. The molecule has 0 radical (unpaired) electrons. The number of amides is 3. The fourth-order valence-corrected chi connectivity index (χ4v) is 3.16. The number of fused-ring (bicyclic) bond motifs is 1. The van der Waals surface area contributed by atoms with Crippen LogP contribution in [0.25, 0.3) is 0 Å². The zero-order valence-electron chi connectivity index (χ0n) is 14.3. The Balaban J connectivity index is 1.90. The highest BCUT2D eigenvalue weighted by Crippen LogP contribution is 2.40. The number of nitrogens with one attached hydrogen (secondary N) is 2. The number of urea groups is 1. The van der Waals surface area contributed by atoms with Crippen LogP contribution < -0.4 is 10.8 Å². The van der Waals surface area contributed by atoms with Crippen LogP contribution in [0, 0.1) is 6.92 Å². The monoisotopic (exact) mass is 340 g/mol. The topological polar surface area (TPSA) is 94.6 Å². The number of hydrogen-bond acceptors (Lipinski definition) is 4. The summed E-state index contributed by atoms with van der Waals surface area (Å²) in [5.74, 6) is -0.586. The number of benzene rings is 1. The van der Waals surface area contributed by atoms with Crippen molar-refractivity contribution in [1.29, 1.82) is 0 Å². The molecule has 1 aliphatic rings. The van der Waals surface area contributed by atoms with Gasteiger partial charge in [-0.05, 0) is 50.1 Å². The third kappa shape index (κ3) is 2.94. The lowest BCUT2D eigenvalue weighted by Crippen LogP contribution is -2.42. The van der Waals surface area contributed by atoms with Crippen LogP contribution in [0.2, 0.25) is 0 Å². The van der Waals surface area contributed by atoms with Gasteiger partial charge in [0.25, 0.3) is 5.91 Å². The van der Waals surface area contributed by atoms with E-state index >= 15 is 0 Å². The fourth-order valence-electron chi connectivity index (χ4n) is 3.16. The SMILES string of the molecule is Cc1ccc(NC(=O)N2Cc3c(C(=O)NO)cccc3C2(C)C)cn1. The number of rotatable bonds is 2. The van der Waals surface area contributed by atoms with E-state index < -0.39 is 11.4 Å². The first-order chi connectivity index (χ1) is 11.8. The van der Waals surface area contributed by atoms with Crippen molar-refractivity contribution in [3.05, 3.63) is 58.9 Å². The van der Waals surface area contributed by atoms with E-state index in [1.165, 1.54) is 0 Å². The predicted octanol–water partition coefficient (Wildman–Crippen LogP) is 2.79. The molecule has 130 valence electrons. The van der Waals surface area contributed by atoms with E-state index in [2.05, 4.69) is 10.3 Å². The summed E-state index contributed by atoms with van der Waals surface area (Å²) in [4.78, 5) is 30.5. The molecule has 3 rings (SSSR count). The molecule has 1 aliphatic heterocycles. The summed E-state index contributed by atoms with van der Waals surface area (Å²) in [7, 11) is 0. The minimum absolute atomic E-state index is 0.275. The van der Waals surface area contributed by atoms with Gasteiger partial charge in [-0.1, -0.05) is 12.1 Å². The van der Waals surface area contributed by atoms with Crippen molar-refractivity contribution in [1.82, 2.24) is 15.4 Å². The second-order valence-corrected chi connectivity index (χ2v) is 6.54. The van der Waals surface area contributed by atoms with Crippen molar-refractivity contribution < 1.29 is 14.8 Å². The van der Waals surface area contributed by atoms with E-state index in [4.69, 9.17) is 5.21 Å². The first-order valence-corrected chi connectivity index (χ1v) is 7.92.